The van der Waals surface area contributed by atoms with E-state index in [9.17, 15) is 21.6 Å². The smallest absolute Gasteiger partial charge is 0.325 e. The van der Waals surface area contributed by atoms with Crippen LogP contribution in [-0.4, -0.2) is 57.8 Å². The van der Waals surface area contributed by atoms with Crippen molar-refractivity contribution >= 4 is 26.0 Å². The van der Waals surface area contributed by atoms with Gasteiger partial charge in [0.05, 0.1) is 12.4 Å². The molecule has 0 bridgehead atoms. The summed E-state index contributed by atoms with van der Waals surface area (Å²) in [7, 11) is -6.63. The first kappa shape index (κ1) is 16.3. The van der Waals surface area contributed by atoms with Crippen molar-refractivity contribution in [2.75, 3.05) is 20.2 Å². The van der Waals surface area contributed by atoms with Gasteiger partial charge in [0.15, 0.2) is 5.25 Å². The highest BCUT2D eigenvalue weighted by molar-refractivity contribution is 7.91. The van der Waals surface area contributed by atoms with Crippen LogP contribution >= 0.6 is 0 Å². The number of sulfonamides is 2. The summed E-state index contributed by atoms with van der Waals surface area (Å²) in [6, 6.07) is 0. The fourth-order valence-corrected chi connectivity index (χ4v) is 4.45. The molecule has 0 aromatic heterocycles. The molecule has 2 N–H and O–H groups in total. The van der Waals surface area contributed by atoms with Gasteiger partial charge in [0.2, 0.25) is 20.0 Å². The molecule has 1 heterocycles. The zero-order valence-corrected chi connectivity index (χ0v) is 12.4. The summed E-state index contributed by atoms with van der Waals surface area (Å²) in [5.41, 5.74) is 0. The largest absolute Gasteiger partial charge is 0.468 e. The van der Waals surface area contributed by atoms with Gasteiger partial charge in [-0.2, -0.15) is 4.31 Å². The molecule has 2 unspecified atom stereocenters. The molecule has 0 radical (unpaired) electrons. The zero-order chi connectivity index (χ0) is 14.8. The molecule has 0 aromatic rings. The van der Waals surface area contributed by atoms with E-state index in [4.69, 9.17) is 5.14 Å². The number of hydrogen-bond acceptors (Lipinski definition) is 6. The number of hydrogen-bond donors (Lipinski definition) is 1. The van der Waals surface area contributed by atoms with Gasteiger partial charge in [0, 0.05) is 13.1 Å². The zero-order valence-electron chi connectivity index (χ0n) is 10.8. The van der Waals surface area contributed by atoms with E-state index in [-0.39, 0.29) is 13.1 Å². The minimum Gasteiger partial charge on any atom is -0.468 e. The van der Waals surface area contributed by atoms with Crippen LogP contribution in [0.25, 0.3) is 0 Å². The Morgan fingerprint density at radius 1 is 1.37 bits per heavy atom. The summed E-state index contributed by atoms with van der Waals surface area (Å²) in [6.07, 6.45) is 0.700. The molecular formula is C9H18N2O6S2. The molecule has 0 saturated carbocycles. The fraction of sp³-hybridized carbons (Fsp3) is 0.889. The number of carbonyl (C=O) groups is 1. The molecule has 19 heavy (non-hydrogen) atoms. The molecule has 10 heteroatoms. The molecule has 0 aromatic carbocycles. The van der Waals surface area contributed by atoms with Crippen molar-refractivity contribution < 1.29 is 26.4 Å². The molecule has 1 saturated heterocycles. The topological polar surface area (TPSA) is 124 Å². The SMILES string of the molecule is COC(=O)C(C)S(=O)(=O)N1CCCC(S(N)(=O)=O)C1. The highest BCUT2D eigenvalue weighted by Crippen LogP contribution is 2.20. The molecule has 1 aliphatic rings. The van der Waals surface area contributed by atoms with Gasteiger partial charge in [-0.15, -0.1) is 0 Å². The number of esters is 1. The Bertz CT molecular complexity index is 541. The number of nitrogens with zero attached hydrogens (tertiary/aromatic N) is 1. The van der Waals surface area contributed by atoms with Crippen LogP contribution in [0.1, 0.15) is 19.8 Å². The van der Waals surface area contributed by atoms with E-state index in [0.717, 1.165) is 11.4 Å². The molecule has 0 amide bonds. The van der Waals surface area contributed by atoms with Crippen molar-refractivity contribution in [2.24, 2.45) is 5.14 Å². The standard InChI is InChI=1S/C9H18N2O6S2/c1-7(9(12)17-2)19(15,16)11-5-3-4-8(6-11)18(10,13)14/h7-8H,3-6H2,1-2H3,(H2,10,13,14). The second kappa shape index (κ2) is 5.73. The van der Waals surface area contributed by atoms with E-state index in [0.29, 0.717) is 12.8 Å². The molecule has 1 fully saturated rings. The van der Waals surface area contributed by atoms with Crippen molar-refractivity contribution in [1.82, 2.24) is 4.31 Å². The molecule has 112 valence electrons. The van der Waals surface area contributed by atoms with Gasteiger partial charge in [-0.1, -0.05) is 0 Å². The van der Waals surface area contributed by atoms with E-state index in [1.54, 1.807) is 0 Å². The van der Waals surface area contributed by atoms with Gasteiger partial charge in [-0.25, -0.2) is 22.0 Å². The summed E-state index contributed by atoms with van der Waals surface area (Å²) < 4.78 is 52.3. The number of carbonyl (C=O) groups excluding carboxylic acids is 1. The van der Waals surface area contributed by atoms with Crippen LogP contribution < -0.4 is 5.14 Å². The van der Waals surface area contributed by atoms with Crippen molar-refractivity contribution in [3.63, 3.8) is 0 Å². The summed E-state index contributed by atoms with van der Waals surface area (Å²) in [4.78, 5) is 11.3. The van der Waals surface area contributed by atoms with Crippen molar-refractivity contribution in [2.45, 2.75) is 30.3 Å². The van der Waals surface area contributed by atoms with Crippen molar-refractivity contribution in [3.8, 4) is 0 Å². The van der Waals surface area contributed by atoms with E-state index in [2.05, 4.69) is 4.74 Å². The molecule has 0 spiro atoms. The van der Waals surface area contributed by atoms with Crippen LogP contribution in [0.2, 0.25) is 0 Å². The summed E-state index contributed by atoms with van der Waals surface area (Å²) in [5.74, 6) is -0.877. The monoisotopic (exact) mass is 314 g/mol. The fourth-order valence-electron chi connectivity index (χ4n) is 1.92. The Kier molecular flexibility index (Phi) is 4.93. The molecule has 1 aliphatic heterocycles. The third kappa shape index (κ3) is 3.65. The normalized spacial score (nSPS) is 23.8. The van der Waals surface area contributed by atoms with E-state index < -0.39 is 36.5 Å². The lowest BCUT2D eigenvalue weighted by atomic mass is 10.2. The van der Waals surface area contributed by atoms with Crippen LogP contribution in [0, 0.1) is 0 Å². The van der Waals surface area contributed by atoms with Gasteiger partial charge in [0.25, 0.3) is 0 Å². The first-order chi connectivity index (χ1) is 8.60. The average molecular weight is 314 g/mol. The summed E-state index contributed by atoms with van der Waals surface area (Å²) >= 11 is 0. The van der Waals surface area contributed by atoms with E-state index >= 15 is 0 Å². The third-order valence-electron chi connectivity index (χ3n) is 3.15. The predicted molar refractivity (Wildman–Crippen MR) is 68.1 cm³/mol. The maximum Gasteiger partial charge on any atom is 0.325 e. The molecule has 0 aliphatic carbocycles. The van der Waals surface area contributed by atoms with Gasteiger partial charge in [-0.3, -0.25) is 4.79 Å². The molecule has 2 atom stereocenters. The highest BCUT2D eigenvalue weighted by atomic mass is 32.2. The lowest BCUT2D eigenvalue weighted by Crippen LogP contribution is -2.50. The van der Waals surface area contributed by atoms with Crippen LogP contribution in [0.4, 0.5) is 0 Å². The summed E-state index contributed by atoms with van der Waals surface area (Å²) in [6.45, 7) is 1.17. The number of primary sulfonamides is 1. The van der Waals surface area contributed by atoms with E-state index in [1.165, 1.54) is 6.92 Å². The lowest BCUT2D eigenvalue weighted by Gasteiger charge is -2.31. The number of rotatable bonds is 4. The van der Waals surface area contributed by atoms with Crippen LogP contribution in [0.15, 0.2) is 0 Å². The minimum atomic E-state index is -3.93. The minimum absolute atomic E-state index is 0.176. The van der Waals surface area contributed by atoms with Crippen LogP contribution in [0.5, 0.6) is 0 Å². The second-order valence-corrected chi connectivity index (χ2v) is 8.52. The number of nitrogens with two attached hydrogens (primary N) is 1. The first-order valence-corrected chi connectivity index (χ1v) is 8.80. The maximum atomic E-state index is 12.1. The Balaban J connectivity index is 2.94. The quantitative estimate of drug-likeness (QED) is 0.638. The molecule has 1 rings (SSSR count). The highest BCUT2D eigenvalue weighted by Gasteiger charge is 2.39. The predicted octanol–water partition coefficient (Wildman–Crippen LogP) is -1.37. The van der Waals surface area contributed by atoms with Gasteiger partial charge >= 0.3 is 5.97 Å². The van der Waals surface area contributed by atoms with Crippen molar-refractivity contribution in [3.05, 3.63) is 0 Å². The Morgan fingerprint density at radius 2 is 1.95 bits per heavy atom. The Hall–Kier alpha value is -0.710. The van der Waals surface area contributed by atoms with Crippen LogP contribution in [0.3, 0.4) is 0 Å². The van der Waals surface area contributed by atoms with Crippen LogP contribution in [-0.2, 0) is 29.6 Å². The third-order valence-corrected chi connectivity index (χ3v) is 6.60. The molecular weight excluding hydrogens is 296 g/mol. The number of ether oxygens (including phenoxy) is 1. The Morgan fingerprint density at radius 3 is 2.42 bits per heavy atom. The van der Waals surface area contributed by atoms with Crippen molar-refractivity contribution in [1.29, 1.82) is 0 Å². The first-order valence-electron chi connectivity index (χ1n) is 5.69. The van der Waals surface area contributed by atoms with Gasteiger partial charge in [-0.05, 0) is 19.8 Å². The summed E-state index contributed by atoms with van der Waals surface area (Å²) in [5, 5.41) is 2.74. The lowest BCUT2D eigenvalue weighted by molar-refractivity contribution is -0.139. The van der Waals surface area contributed by atoms with Gasteiger partial charge < -0.3 is 4.74 Å². The molecule has 8 nitrogen and oxygen atoms in total. The average Bonchev–Trinajstić information content (AvgIpc) is 2.36. The Labute approximate surface area is 113 Å². The number of piperidine rings is 1. The van der Waals surface area contributed by atoms with Gasteiger partial charge in [0.1, 0.15) is 0 Å². The van der Waals surface area contributed by atoms with E-state index in [1.807, 2.05) is 0 Å². The maximum absolute atomic E-state index is 12.1. The second-order valence-electron chi connectivity index (χ2n) is 4.42. The number of methoxy groups -OCH3 is 1.